The summed E-state index contributed by atoms with van der Waals surface area (Å²) in [5.74, 6) is -0.0471. The van der Waals surface area contributed by atoms with Gasteiger partial charge in [0.05, 0.1) is 13.3 Å². The van der Waals surface area contributed by atoms with Crippen molar-refractivity contribution in [1.82, 2.24) is 0 Å². The molecule has 0 aromatic carbocycles. The minimum Gasteiger partial charge on any atom is -0.208 e. The van der Waals surface area contributed by atoms with Crippen LogP contribution in [0.4, 0.5) is 0 Å². The molecule has 0 saturated carbocycles. The number of rotatable bonds is 2. The van der Waals surface area contributed by atoms with E-state index in [0.717, 1.165) is 0 Å². The van der Waals surface area contributed by atoms with Gasteiger partial charge in [-0.25, -0.2) is 8.42 Å². The number of hydrogen-bond acceptors (Lipinski definition) is 2. The Morgan fingerprint density at radius 2 is 2.14 bits per heavy atom. The van der Waals surface area contributed by atoms with Crippen LogP contribution in [0.5, 0.6) is 0 Å². The highest BCUT2D eigenvalue weighted by atomic mass is 35.7. The van der Waals surface area contributed by atoms with E-state index < -0.39 is 9.05 Å². The minimum absolute atomic E-state index is 0.0471. The fraction of sp³-hybridized carbons (Fsp3) is 0.667. The second-order valence-corrected chi connectivity index (χ2v) is 3.94. The molecule has 0 rings (SSSR count). The zero-order valence-corrected chi connectivity index (χ0v) is 5.46. The molecule has 0 spiro atoms. The van der Waals surface area contributed by atoms with Gasteiger partial charge in [-0.15, -0.1) is 0 Å². The van der Waals surface area contributed by atoms with Gasteiger partial charge in [-0.05, 0) is 0 Å². The lowest BCUT2D eigenvalue weighted by molar-refractivity contribution is 0.611. The molecule has 0 fully saturated rings. The van der Waals surface area contributed by atoms with Crippen molar-refractivity contribution in [1.29, 1.82) is 0 Å². The van der Waals surface area contributed by atoms with E-state index >= 15 is 0 Å². The van der Waals surface area contributed by atoms with Gasteiger partial charge in [0.1, 0.15) is 0 Å². The molecule has 2 nitrogen and oxygen atoms in total. The molecule has 0 atom stereocenters. The van der Waals surface area contributed by atoms with Crippen LogP contribution in [0.25, 0.3) is 0 Å². The summed E-state index contributed by atoms with van der Waals surface area (Å²) in [5, 5.41) is 0. The summed E-state index contributed by atoms with van der Waals surface area (Å²) in [6.07, 6.45) is 1.49. The van der Waals surface area contributed by atoms with Crippen LogP contribution < -0.4 is 0 Å². The van der Waals surface area contributed by atoms with Crippen LogP contribution in [0.1, 0.15) is 6.92 Å². The van der Waals surface area contributed by atoms with Gasteiger partial charge >= 0.3 is 0 Å². The Morgan fingerprint density at radius 1 is 1.71 bits per heavy atom. The fourth-order valence-electron chi connectivity index (χ4n) is 0.199. The molecule has 0 bridgehead atoms. The van der Waals surface area contributed by atoms with Gasteiger partial charge in [0.15, 0.2) is 0 Å². The van der Waals surface area contributed by atoms with Crippen molar-refractivity contribution in [2.45, 2.75) is 6.92 Å². The third-order valence-electron chi connectivity index (χ3n) is 0.366. The Balaban J connectivity index is 3.60. The van der Waals surface area contributed by atoms with E-state index in [1.807, 2.05) is 0 Å². The van der Waals surface area contributed by atoms with E-state index in [1.54, 1.807) is 6.92 Å². The molecule has 0 heterocycles. The van der Waals surface area contributed by atoms with Gasteiger partial charge in [-0.1, -0.05) is 0 Å². The maximum atomic E-state index is 9.97. The Morgan fingerprint density at radius 3 is 2.14 bits per heavy atom. The molecule has 42 valence electrons. The predicted octanol–water partition coefficient (Wildman–Crippen LogP) is 0.779. The van der Waals surface area contributed by atoms with E-state index in [0.29, 0.717) is 0 Å². The third kappa shape index (κ3) is 6.11. The van der Waals surface area contributed by atoms with Gasteiger partial charge < -0.3 is 0 Å². The molecule has 0 aliphatic rings. The predicted molar refractivity (Wildman–Crippen MR) is 29.6 cm³/mol. The zero-order chi connectivity index (χ0) is 5.91. The first-order valence-electron chi connectivity index (χ1n) is 1.76. The summed E-state index contributed by atoms with van der Waals surface area (Å²) in [7, 11) is 1.52. The smallest absolute Gasteiger partial charge is 0.208 e. The monoisotopic (exact) mass is 141 g/mol. The Bertz CT molecular complexity index is 126. The summed E-state index contributed by atoms with van der Waals surface area (Å²) >= 11 is 0. The maximum Gasteiger partial charge on any atom is 0.273 e. The van der Waals surface area contributed by atoms with E-state index in [1.165, 1.54) is 6.42 Å². The maximum absolute atomic E-state index is 9.97. The van der Waals surface area contributed by atoms with Crippen LogP contribution in [-0.2, 0) is 9.05 Å². The van der Waals surface area contributed by atoms with Gasteiger partial charge in [0, 0.05) is 10.7 Å². The summed E-state index contributed by atoms with van der Waals surface area (Å²) < 4.78 is 19.9. The Kier molecular flexibility index (Phi) is 2.46. The molecule has 0 radical (unpaired) electrons. The van der Waals surface area contributed by atoms with Crippen LogP contribution >= 0.6 is 10.7 Å². The lowest BCUT2D eigenvalue weighted by Crippen LogP contribution is -1.93. The molecule has 0 aliphatic heterocycles. The van der Waals surface area contributed by atoms with Gasteiger partial charge in [0.25, 0.3) is 9.05 Å². The second-order valence-electron chi connectivity index (χ2n) is 1.11. The molecule has 0 amide bonds. The SMILES string of the molecule is C[CH+]CS(=O)(=O)Cl. The molecule has 0 N–H and O–H groups in total. The highest BCUT2D eigenvalue weighted by Gasteiger charge is 2.06. The molecule has 4 heteroatoms. The second kappa shape index (κ2) is 2.43. The molecule has 0 aliphatic carbocycles. The molecule has 7 heavy (non-hydrogen) atoms. The Labute approximate surface area is 47.9 Å². The summed E-state index contributed by atoms with van der Waals surface area (Å²) in [6.45, 7) is 1.64. The van der Waals surface area contributed by atoms with Gasteiger partial charge in [-0.2, -0.15) is 0 Å². The molecular weight excluding hydrogens is 136 g/mol. The average molecular weight is 142 g/mol. The first-order valence-corrected chi connectivity index (χ1v) is 4.24. The average Bonchev–Trinajstić information content (AvgIpc) is 1.30. The van der Waals surface area contributed by atoms with Crippen molar-refractivity contribution in [3.05, 3.63) is 6.42 Å². The summed E-state index contributed by atoms with van der Waals surface area (Å²) in [5.41, 5.74) is 0. The standard InChI is InChI=1S/C3H6ClO2S/c1-2-3-7(4,5)6/h2H,3H2,1H3/q+1. The first kappa shape index (κ1) is 7.11. The normalized spacial score (nSPS) is 11.1. The molecule has 0 saturated heterocycles. The summed E-state index contributed by atoms with van der Waals surface area (Å²) in [4.78, 5) is 0. The van der Waals surface area contributed by atoms with E-state index in [4.69, 9.17) is 10.7 Å². The molecule has 0 aromatic rings. The van der Waals surface area contributed by atoms with Gasteiger partial charge in [-0.3, -0.25) is 0 Å². The van der Waals surface area contributed by atoms with E-state index in [-0.39, 0.29) is 5.75 Å². The number of halogens is 1. The topological polar surface area (TPSA) is 34.1 Å². The largest absolute Gasteiger partial charge is 0.273 e. The fourth-order valence-corrected chi connectivity index (χ4v) is 0.975. The van der Waals surface area contributed by atoms with Crippen LogP contribution in [0.15, 0.2) is 0 Å². The summed E-state index contributed by atoms with van der Waals surface area (Å²) in [6, 6.07) is 0. The van der Waals surface area contributed by atoms with Crippen LogP contribution in [-0.4, -0.2) is 14.2 Å². The molecule has 0 aromatic heterocycles. The van der Waals surface area contributed by atoms with Crippen molar-refractivity contribution in [3.63, 3.8) is 0 Å². The highest BCUT2D eigenvalue weighted by Crippen LogP contribution is 1.95. The van der Waals surface area contributed by atoms with Crippen LogP contribution in [0, 0.1) is 6.42 Å². The van der Waals surface area contributed by atoms with Crippen LogP contribution in [0.2, 0.25) is 0 Å². The van der Waals surface area contributed by atoms with Crippen LogP contribution in [0.3, 0.4) is 0 Å². The first-order chi connectivity index (χ1) is 3.06. The highest BCUT2D eigenvalue weighted by molar-refractivity contribution is 8.13. The van der Waals surface area contributed by atoms with Crippen molar-refractivity contribution in [3.8, 4) is 0 Å². The van der Waals surface area contributed by atoms with E-state index in [2.05, 4.69) is 0 Å². The van der Waals surface area contributed by atoms with Crippen molar-refractivity contribution < 1.29 is 8.42 Å². The minimum atomic E-state index is -3.26. The zero-order valence-electron chi connectivity index (χ0n) is 3.89. The Hall–Kier alpha value is 0.110. The van der Waals surface area contributed by atoms with Crippen molar-refractivity contribution in [2.75, 3.05) is 5.75 Å². The molecular formula is C3H6ClO2S+. The van der Waals surface area contributed by atoms with Crippen molar-refractivity contribution in [2.24, 2.45) is 0 Å². The van der Waals surface area contributed by atoms with Gasteiger partial charge in [0.2, 0.25) is 5.75 Å². The van der Waals surface area contributed by atoms with E-state index in [9.17, 15) is 8.42 Å². The quantitative estimate of drug-likeness (QED) is 0.421. The number of hydrogen-bond donors (Lipinski definition) is 0. The third-order valence-corrected chi connectivity index (χ3v) is 1.48. The van der Waals surface area contributed by atoms with Crippen molar-refractivity contribution >= 4 is 19.7 Å². The lowest BCUT2D eigenvalue weighted by Gasteiger charge is -1.76. The lowest BCUT2D eigenvalue weighted by atomic mass is 10.6. The molecule has 0 unspecified atom stereocenters.